The number of hydrogen-bond acceptors (Lipinski definition) is 4. The van der Waals surface area contributed by atoms with Gasteiger partial charge < -0.3 is 20.3 Å². The number of piperidine rings is 1. The van der Waals surface area contributed by atoms with Gasteiger partial charge in [0.25, 0.3) is 0 Å². The van der Waals surface area contributed by atoms with E-state index in [1.807, 2.05) is 7.05 Å². The molecule has 0 aromatic rings. The summed E-state index contributed by atoms with van der Waals surface area (Å²) in [5.41, 5.74) is 0. The van der Waals surface area contributed by atoms with Crippen molar-refractivity contribution in [2.75, 3.05) is 60.5 Å². The molecule has 2 heterocycles. The molecule has 2 aliphatic heterocycles. The molecule has 2 saturated heterocycles. The molecule has 1 atom stereocenters. The second-order valence-electron chi connectivity index (χ2n) is 7.06. The van der Waals surface area contributed by atoms with E-state index in [-0.39, 0.29) is 29.9 Å². The van der Waals surface area contributed by atoms with Crippen LogP contribution in [-0.2, 0) is 9.53 Å². The Labute approximate surface area is 175 Å². The highest BCUT2D eigenvalue weighted by Crippen LogP contribution is 2.21. The molecule has 0 aromatic carbocycles. The maximum Gasteiger partial charge on any atom is 0.220 e. The molecule has 26 heavy (non-hydrogen) atoms. The number of amides is 1. The van der Waals surface area contributed by atoms with E-state index in [4.69, 9.17) is 4.74 Å². The third-order valence-electron chi connectivity index (χ3n) is 5.46. The minimum absolute atomic E-state index is 0. The van der Waals surface area contributed by atoms with Gasteiger partial charge in [0.2, 0.25) is 5.91 Å². The van der Waals surface area contributed by atoms with E-state index in [0.717, 1.165) is 51.6 Å². The Morgan fingerprint density at radius 3 is 2.58 bits per heavy atom. The molecule has 2 N–H and O–H groups in total. The summed E-state index contributed by atoms with van der Waals surface area (Å²) in [6, 6.07) is 0.567. The Kier molecular flexibility index (Phi) is 11.5. The maximum absolute atomic E-state index is 11.5. The molecule has 0 aliphatic carbocycles. The average molecular weight is 481 g/mol. The highest BCUT2D eigenvalue weighted by atomic mass is 127. The van der Waals surface area contributed by atoms with Crippen LogP contribution < -0.4 is 10.6 Å². The van der Waals surface area contributed by atoms with Gasteiger partial charge in [-0.1, -0.05) is 0 Å². The lowest BCUT2D eigenvalue weighted by Gasteiger charge is -2.35. The third-order valence-corrected chi connectivity index (χ3v) is 5.46. The highest BCUT2D eigenvalue weighted by Gasteiger charge is 2.26. The number of guanidine groups is 1. The largest absolute Gasteiger partial charge is 0.383 e. The van der Waals surface area contributed by atoms with Crippen molar-refractivity contribution >= 4 is 35.8 Å². The molecule has 7 nitrogen and oxygen atoms in total. The first kappa shape index (κ1) is 23.4. The first-order chi connectivity index (χ1) is 12.2. The van der Waals surface area contributed by atoms with E-state index in [1.165, 1.54) is 19.4 Å². The van der Waals surface area contributed by atoms with Crippen molar-refractivity contribution in [1.29, 1.82) is 0 Å². The lowest BCUT2D eigenvalue weighted by atomic mass is 9.93. The molecular weight excluding hydrogens is 445 g/mol. The van der Waals surface area contributed by atoms with Crippen molar-refractivity contribution in [2.45, 2.75) is 38.1 Å². The summed E-state index contributed by atoms with van der Waals surface area (Å²) in [6.45, 7) is 5.85. The van der Waals surface area contributed by atoms with Crippen LogP contribution >= 0.6 is 24.0 Å². The molecule has 0 saturated carbocycles. The number of halogens is 1. The number of rotatable bonds is 7. The molecule has 8 heteroatoms. The first-order valence-corrected chi connectivity index (χ1v) is 9.57. The van der Waals surface area contributed by atoms with Crippen molar-refractivity contribution in [3.63, 3.8) is 0 Å². The molecule has 152 valence electrons. The molecule has 0 spiro atoms. The highest BCUT2D eigenvalue weighted by molar-refractivity contribution is 14.0. The number of ether oxygens (including phenoxy) is 1. The minimum Gasteiger partial charge on any atom is -0.383 e. The van der Waals surface area contributed by atoms with Crippen molar-refractivity contribution in [3.8, 4) is 0 Å². The zero-order valence-corrected chi connectivity index (χ0v) is 18.8. The number of likely N-dealkylation sites (tertiary alicyclic amines) is 2. The van der Waals surface area contributed by atoms with E-state index in [9.17, 15) is 4.79 Å². The molecule has 0 aromatic heterocycles. The fraction of sp³-hybridized carbons (Fsp3) is 0.889. The standard InChI is InChI=1S/C18H35N5O2.HI/c1-19-17(24)13-15-6-9-23(10-7-15)18(20-2)21-14-16-5-4-8-22(16)11-12-25-3;/h15-16H,4-14H2,1-3H3,(H,19,24)(H,20,21);1H. The van der Waals surface area contributed by atoms with E-state index in [0.29, 0.717) is 18.4 Å². The van der Waals surface area contributed by atoms with Crippen LogP contribution in [0.25, 0.3) is 0 Å². The number of aliphatic imine (C=N–C) groups is 1. The molecule has 2 rings (SSSR count). The third kappa shape index (κ3) is 7.19. The SMILES string of the molecule is CN=C(NCC1CCCN1CCOC)N1CCC(CC(=O)NC)CC1.I. The summed E-state index contributed by atoms with van der Waals surface area (Å²) in [5, 5.41) is 6.29. The Bertz CT molecular complexity index is 441. The second-order valence-corrected chi connectivity index (χ2v) is 7.06. The second kappa shape index (κ2) is 12.7. The summed E-state index contributed by atoms with van der Waals surface area (Å²) in [6.07, 6.45) is 5.25. The van der Waals surface area contributed by atoms with Gasteiger partial charge in [-0.2, -0.15) is 0 Å². The van der Waals surface area contributed by atoms with Crippen LogP contribution in [0.3, 0.4) is 0 Å². The number of nitrogens with zero attached hydrogens (tertiary/aromatic N) is 3. The Balaban J connectivity index is 0.00000338. The molecular formula is C18H36IN5O2. The van der Waals surface area contributed by atoms with Gasteiger partial charge in [-0.05, 0) is 38.1 Å². The van der Waals surface area contributed by atoms with Gasteiger partial charge in [-0.15, -0.1) is 24.0 Å². The number of carbonyl (C=O) groups excluding carboxylic acids is 1. The average Bonchev–Trinajstić information content (AvgIpc) is 3.09. The van der Waals surface area contributed by atoms with Gasteiger partial charge in [-0.3, -0.25) is 14.7 Å². The fourth-order valence-electron chi connectivity index (χ4n) is 3.88. The summed E-state index contributed by atoms with van der Waals surface area (Å²) < 4.78 is 5.22. The fourth-order valence-corrected chi connectivity index (χ4v) is 3.88. The van der Waals surface area contributed by atoms with Crippen LogP contribution in [0.1, 0.15) is 32.1 Å². The molecule has 2 fully saturated rings. The molecule has 2 aliphatic rings. The summed E-state index contributed by atoms with van der Waals surface area (Å²) in [5.74, 6) is 1.64. The van der Waals surface area contributed by atoms with E-state index in [2.05, 4.69) is 25.4 Å². The topological polar surface area (TPSA) is 69.2 Å². The summed E-state index contributed by atoms with van der Waals surface area (Å²) >= 11 is 0. The maximum atomic E-state index is 11.5. The van der Waals surface area contributed by atoms with Gasteiger partial charge >= 0.3 is 0 Å². The Hall–Kier alpha value is -0.610. The van der Waals surface area contributed by atoms with Crippen molar-refractivity contribution in [3.05, 3.63) is 0 Å². The minimum atomic E-state index is 0. The monoisotopic (exact) mass is 481 g/mol. The quantitative estimate of drug-likeness (QED) is 0.324. The molecule has 0 bridgehead atoms. The van der Waals surface area contributed by atoms with Gasteiger partial charge in [0.1, 0.15) is 0 Å². The lowest BCUT2D eigenvalue weighted by Crippen LogP contribution is -2.49. The zero-order valence-electron chi connectivity index (χ0n) is 16.5. The van der Waals surface area contributed by atoms with Gasteiger partial charge in [-0.25, -0.2) is 0 Å². The van der Waals surface area contributed by atoms with Gasteiger partial charge in [0.05, 0.1) is 6.61 Å². The summed E-state index contributed by atoms with van der Waals surface area (Å²) in [4.78, 5) is 20.8. The van der Waals surface area contributed by atoms with Crippen LogP contribution in [0.4, 0.5) is 0 Å². The van der Waals surface area contributed by atoms with E-state index in [1.54, 1.807) is 14.2 Å². The predicted molar refractivity (Wildman–Crippen MR) is 116 cm³/mol. The van der Waals surface area contributed by atoms with Crippen LogP contribution in [0.2, 0.25) is 0 Å². The van der Waals surface area contributed by atoms with Crippen LogP contribution in [-0.4, -0.2) is 88.2 Å². The number of methoxy groups -OCH3 is 1. The van der Waals surface area contributed by atoms with Crippen molar-refractivity contribution in [2.24, 2.45) is 10.9 Å². The van der Waals surface area contributed by atoms with Gasteiger partial charge in [0.15, 0.2) is 5.96 Å². The smallest absolute Gasteiger partial charge is 0.220 e. The van der Waals surface area contributed by atoms with E-state index >= 15 is 0 Å². The molecule has 0 radical (unpaired) electrons. The number of nitrogens with one attached hydrogen (secondary N) is 2. The molecule has 1 unspecified atom stereocenters. The zero-order chi connectivity index (χ0) is 18.1. The lowest BCUT2D eigenvalue weighted by molar-refractivity contribution is -0.121. The van der Waals surface area contributed by atoms with Gasteiger partial charge in [0, 0.05) is 59.8 Å². The van der Waals surface area contributed by atoms with Crippen molar-refractivity contribution < 1.29 is 9.53 Å². The van der Waals surface area contributed by atoms with Crippen LogP contribution in [0, 0.1) is 5.92 Å². The Morgan fingerprint density at radius 1 is 1.23 bits per heavy atom. The van der Waals surface area contributed by atoms with Crippen LogP contribution in [0.5, 0.6) is 0 Å². The summed E-state index contributed by atoms with van der Waals surface area (Å²) in [7, 11) is 5.33. The predicted octanol–water partition coefficient (Wildman–Crippen LogP) is 1.14. The van der Waals surface area contributed by atoms with Crippen LogP contribution in [0.15, 0.2) is 4.99 Å². The number of carbonyl (C=O) groups is 1. The number of hydrogen-bond donors (Lipinski definition) is 2. The van der Waals surface area contributed by atoms with Crippen molar-refractivity contribution in [1.82, 2.24) is 20.4 Å². The normalized spacial score (nSPS) is 22.2. The Morgan fingerprint density at radius 2 is 1.96 bits per heavy atom. The van der Waals surface area contributed by atoms with E-state index < -0.39 is 0 Å². The molecule has 1 amide bonds. The first-order valence-electron chi connectivity index (χ1n) is 9.57.